The van der Waals surface area contributed by atoms with E-state index in [-0.39, 0.29) is 5.24 Å². The minimum Gasteiger partial charge on any atom is -0.333 e. The molecule has 0 aliphatic carbocycles. The van der Waals surface area contributed by atoms with Crippen molar-refractivity contribution in [3.05, 3.63) is 0 Å². The van der Waals surface area contributed by atoms with Gasteiger partial charge in [0.2, 0.25) is 0 Å². The van der Waals surface area contributed by atoms with Gasteiger partial charge in [-0.2, -0.15) is 0 Å². The van der Waals surface area contributed by atoms with Gasteiger partial charge < -0.3 is 4.90 Å². The van der Waals surface area contributed by atoms with Crippen molar-refractivity contribution in [2.45, 2.75) is 33.6 Å². The van der Waals surface area contributed by atoms with Gasteiger partial charge in [0, 0.05) is 18.8 Å². The predicted octanol–water partition coefficient (Wildman–Crippen LogP) is 1.99. The largest absolute Gasteiger partial charge is 0.333 e. The Morgan fingerprint density at radius 2 is 1.71 bits per heavy atom. The maximum atomic E-state index is 11.8. The minimum absolute atomic E-state index is 0.0381. The number of nitrogens with zero attached hydrogens (tertiary/aromatic N) is 1. The van der Waals surface area contributed by atoms with Gasteiger partial charge in [0.15, 0.2) is 0 Å². The standard InChI is InChI=1S/C9H19NO2S2/c1-4-7-10(8-5-2)9(11)14(6-3)13-12/h4-8H2,1-3H3. The zero-order valence-corrected chi connectivity index (χ0v) is 10.7. The van der Waals surface area contributed by atoms with Crippen LogP contribution < -0.4 is 0 Å². The summed E-state index contributed by atoms with van der Waals surface area (Å²) < 4.78 is 10.7. The van der Waals surface area contributed by atoms with Crippen LogP contribution >= 0.6 is 0 Å². The smallest absolute Gasteiger partial charge is 0.287 e. The van der Waals surface area contributed by atoms with E-state index in [9.17, 15) is 9.00 Å². The lowest BCUT2D eigenvalue weighted by atomic mass is 10.4. The summed E-state index contributed by atoms with van der Waals surface area (Å²) >= 11 is 0. The van der Waals surface area contributed by atoms with Crippen LogP contribution in [0.15, 0.2) is 0 Å². The maximum absolute atomic E-state index is 11.8. The highest BCUT2D eigenvalue weighted by Gasteiger charge is 2.15. The molecule has 0 aromatic rings. The molecular weight excluding hydrogens is 218 g/mol. The van der Waals surface area contributed by atoms with Crippen molar-refractivity contribution < 1.29 is 9.00 Å². The zero-order valence-electron chi connectivity index (χ0n) is 9.12. The molecule has 0 spiro atoms. The second-order valence-corrected chi connectivity index (χ2v) is 6.32. The first-order chi connectivity index (χ1) is 6.71. The third-order valence-electron chi connectivity index (χ3n) is 1.78. The van der Waals surface area contributed by atoms with Crippen LogP contribution in [-0.2, 0) is 19.7 Å². The summed E-state index contributed by atoms with van der Waals surface area (Å²) in [7, 11) is -0.223. The summed E-state index contributed by atoms with van der Waals surface area (Å²) in [6.07, 6.45) is 1.91. The number of carbonyl (C=O) groups excluding carboxylic acids is 1. The lowest BCUT2D eigenvalue weighted by Gasteiger charge is -2.21. The average molecular weight is 237 g/mol. The number of rotatable bonds is 5. The lowest BCUT2D eigenvalue weighted by molar-refractivity contribution is 0.223. The predicted molar refractivity (Wildman–Crippen MR) is 63.6 cm³/mol. The fourth-order valence-electron chi connectivity index (χ4n) is 1.18. The topological polar surface area (TPSA) is 37.4 Å². The summed E-state index contributed by atoms with van der Waals surface area (Å²) in [4.78, 5) is 13.6. The quantitative estimate of drug-likeness (QED) is 0.733. The Kier molecular flexibility index (Phi) is 8.08. The van der Waals surface area contributed by atoms with E-state index in [1.807, 2.05) is 25.7 Å². The van der Waals surface area contributed by atoms with Crippen LogP contribution in [-0.4, -0.2) is 33.2 Å². The van der Waals surface area contributed by atoms with Crippen LogP contribution in [0.25, 0.3) is 0 Å². The molecule has 1 amide bonds. The molecule has 0 rings (SSSR count). The zero-order chi connectivity index (χ0) is 11.0. The second-order valence-electron chi connectivity index (χ2n) is 2.96. The number of amides is 1. The van der Waals surface area contributed by atoms with Gasteiger partial charge in [-0.05, 0) is 22.3 Å². The molecule has 0 aliphatic heterocycles. The molecule has 1 atom stereocenters. The first-order valence-corrected chi connectivity index (χ1v) is 7.66. The van der Waals surface area contributed by atoms with Crippen molar-refractivity contribution in [2.24, 2.45) is 0 Å². The maximum Gasteiger partial charge on any atom is 0.287 e. The molecule has 0 saturated carbocycles. The van der Waals surface area contributed by atoms with Gasteiger partial charge >= 0.3 is 0 Å². The van der Waals surface area contributed by atoms with E-state index in [1.165, 1.54) is 0 Å². The Hall–Kier alpha value is -0.160. The van der Waals surface area contributed by atoms with Crippen LogP contribution in [0.1, 0.15) is 33.6 Å². The Morgan fingerprint density at radius 3 is 2.00 bits per heavy atom. The molecule has 0 aromatic heterocycles. The Bertz CT molecular complexity index is 231. The second kappa shape index (κ2) is 8.17. The molecule has 0 N–H and O–H groups in total. The third kappa shape index (κ3) is 4.37. The van der Waals surface area contributed by atoms with E-state index < -0.39 is 9.45 Å². The van der Waals surface area contributed by atoms with Gasteiger partial charge in [-0.25, -0.2) is 4.21 Å². The number of hydrogen-bond acceptors (Lipinski definition) is 2. The van der Waals surface area contributed by atoms with E-state index in [0.717, 1.165) is 25.9 Å². The van der Waals surface area contributed by atoms with Gasteiger partial charge in [-0.15, -0.1) is 0 Å². The van der Waals surface area contributed by atoms with E-state index in [4.69, 9.17) is 0 Å². The molecule has 0 saturated heterocycles. The Labute approximate surface area is 91.5 Å². The summed E-state index contributed by atoms with van der Waals surface area (Å²) in [5.41, 5.74) is 0. The summed E-state index contributed by atoms with van der Waals surface area (Å²) in [6, 6.07) is 0. The molecule has 84 valence electrons. The molecule has 1 unspecified atom stereocenters. The SMILES string of the molecule is CCCN(CCC)C(=O)S(CC)=S=O. The van der Waals surface area contributed by atoms with Crippen molar-refractivity contribution in [3.8, 4) is 0 Å². The highest BCUT2D eigenvalue weighted by atomic mass is 32.8. The average Bonchev–Trinajstić information content (AvgIpc) is 2.19. The van der Waals surface area contributed by atoms with Crippen molar-refractivity contribution in [1.82, 2.24) is 4.90 Å². The van der Waals surface area contributed by atoms with Crippen LogP contribution in [0.2, 0.25) is 0 Å². The Balaban J connectivity index is 4.48. The van der Waals surface area contributed by atoms with Crippen LogP contribution in [0.5, 0.6) is 0 Å². The van der Waals surface area contributed by atoms with Crippen molar-refractivity contribution in [2.75, 3.05) is 18.8 Å². The van der Waals surface area contributed by atoms with E-state index in [1.54, 1.807) is 0 Å². The molecule has 0 fully saturated rings. The monoisotopic (exact) mass is 237 g/mol. The molecule has 5 heteroatoms. The molecule has 3 nitrogen and oxygen atoms in total. The molecule has 0 radical (unpaired) electrons. The summed E-state index contributed by atoms with van der Waals surface area (Å²) in [5, 5.41) is 0.0381. The molecule has 0 heterocycles. The minimum atomic E-state index is -0.668. The van der Waals surface area contributed by atoms with Crippen LogP contribution in [0, 0.1) is 0 Å². The molecular formula is C9H19NO2S2. The van der Waals surface area contributed by atoms with Gasteiger partial charge in [0.25, 0.3) is 5.24 Å². The highest BCUT2D eigenvalue weighted by Crippen LogP contribution is 2.01. The van der Waals surface area contributed by atoms with Crippen molar-refractivity contribution >= 4 is 24.9 Å². The Morgan fingerprint density at radius 1 is 1.21 bits per heavy atom. The molecule has 0 aliphatic rings. The fourth-order valence-corrected chi connectivity index (χ4v) is 2.83. The fraction of sp³-hybridized carbons (Fsp3) is 0.889. The first-order valence-electron chi connectivity index (χ1n) is 5.01. The van der Waals surface area contributed by atoms with E-state index in [2.05, 4.69) is 0 Å². The molecule has 14 heavy (non-hydrogen) atoms. The molecule has 0 aromatic carbocycles. The van der Waals surface area contributed by atoms with Crippen molar-refractivity contribution in [3.63, 3.8) is 0 Å². The normalized spacial score (nSPS) is 12.2. The molecule has 0 bridgehead atoms. The van der Waals surface area contributed by atoms with Crippen LogP contribution in [0.3, 0.4) is 0 Å². The third-order valence-corrected chi connectivity index (χ3v) is 4.75. The number of hydrogen-bond donors (Lipinski definition) is 0. The van der Waals surface area contributed by atoms with Gasteiger partial charge in [0.05, 0.1) is 0 Å². The van der Waals surface area contributed by atoms with Crippen molar-refractivity contribution in [1.29, 1.82) is 0 Å². The van der Waals surface area contributed by atoms with E-state index >= 15 is 0 Å². The summed E-state index contributed by atoms with van der Waals surface area (Å²) in [6.45, 7) is 7.53. The summed E-state index contributed by atoms with van der Waals surface area (Å²) in [5.74, 6) is 0.650. The van der Waals surface area contributed by atoms with Crippen LogP contribution in [0.4, 0.5) is 4.79 Å². The van der Waals surface area contributed by atoms with Gasteiger partial charge in [0.1, 0.15) is 10.2 Å². The first kappa shape index (κ1) is 13.8. The van der Waals surface area contributed by atoms with E-state index in [0.29, 0.717) is 16.0 Å². The number of carbonyl (C=O) groups is 1. The highest BCUT2D eigenvalue weighted by molar-refractivity contribution is 8.39. The lowest BCUT2D eigenvalue weighted by Crippen LogP contribution is -2.34. The van der Waals surface area contributed by atoms with Gasteiger partial charge in [-0.1, -0.05) is 20.8 Å². The van der Waals surface area contributed by atoms with Gasteiger partial charge in [-0.3, -0.25) is 4.79 Å².